The summed E-state index contributed by atoms with van der Waals surface area (Å²) in [6.45, 7) is 4.90. The summed E-state index contributed by atoms with van der Waals surface area (Å²) < 4.78 is 12.1. The van der Waals surface area contributed by atoms with Crippen LogP contribution in [0.1, 0.15) is 57.8 Å². The molecular weight excluding hydrogens is 328 g/mol. The number of hydrogen-bond acceptors (Lipinski definition) is 4. The number of fused-ring (bicyclic) bond motifs is 1. The number of amides is 1. The Bertz CT molecular complexity index is 529. The van der Waals surface area contributed by atoms with Gasteiger partial charge in [-0.3, -0.25) is 9.69 Å². The molecule has 0 unspecified atom stereocenters. The lowest BCUT2D eigenvalue weighted by molar-refractivity contribution is -0.126. The van der Waals surface area contributed by atoms with Crippen molar-refractivity contribution in [2.24, 2.45) is 17.8 Å². The molecule has 2 bridgehead atoms. The van der Waals surface area contributed by atoms with E-state index >= 15 is 0 Å². The highest BCUT2D eigenvalue weighted by Crippen LogP contribution is 2.55. The van der Waals surface area contributed by atoms with Crippen molar-refractivity contribution in [3.05, 3.63) is 0 Å². The Hall–Kier alpha value is -0.650. The normalized spacial score (nSPS) is 41.5. The number of rotatable bonds is 4. The van der Waals surface area contributed by atoms with Crippen LogP contribution in [-0.2, 0) is 14.3 Å². The van der Waals surface area contributed by atoms with Gasteiger partial charge in [0.1, 0.15) is 0 Å². The van der Waals surface area contributed by atoms with Crippen LogP contribution < -0.4 is 5.32 Å². The summed E-state index contributed by atoms with van der Waals surface area (Å²) in [6, 6.07) is 0.670. The molecule has 0 radical (unpaired) electrons. The second-order valence-electron chi connectivity index (χ2n) is 9.38. The van der Waals surface area contributed by atoms with Gasteiger partial charge in [-0.25, -0.2) is 0 Å². The van der Waals surface area contributed by atoms with Crippen LogP contribution in [-0.4, -0.2) is 61.4 Å². The molecule has 1 N–H and O–H groups in total. The maximum atomic E-state index is 12.6. The van der Waals surface area contributed by atoms with Crippen molar-refractivity contribution in [3.63, 3.8) is 0 Å². The number of hydrogen-bond donors (Lipinski definition) is 1. The van der Waals surface area contributed by atoms with Crippen molar-refractivity contribution in [1.29, 1.82) is 0 Å². The second-order valence-corrected chi connectivity index (χ2v) is 9.38. The van der Waals surface area contributed by atoms with Gasteiger partial charge in [0.25, 0.3) is 0 Å². The zero-order valence-electron chi connectivity index (χ0n) is 16.0. The smallest absolute Gasteiger partial charge is 0.223 e. The molecule has 5 heteroatoms. The monoisotopic (exact) mass is 362 g/mol. The van der Waals surface area contributed by atoms with Crippen molar-refractivity contribution in [2.45, 2.75) is 75.5 Å². The first-order chi connectivity index (χ1) is 12.8. The van der Waals surface area contributed by atoms with Crippen LogP contribution in [0.25, 0.3) is 0 Å². The molecule has 5 aliphatic rings. The van der Waals surface area contributed by atoms with E-state index in [0.29, 0.717) is 29.9 Å². The highest BCUT2D eigenvalue weighted by atomic mass is 16.5. The fraction of sp³-hybridized carbons (Fsp3) is 0.952. The van der Waals surface area contributed by atoms with E-state index in [9.17, 15) is 4.79 Å². The van der Waals surface area contributed by atoms with E-state index in [1.807, 2.05) is 0 Å². The third-order valence-corrected chi connectivity index (χ3v) is 8.01. The van der Waals surface area contributed by atoms with E-state index in [1.165, 1.54) is 32.1 Å². The summed E-state index contributed by atoms with van der Waals surface area (Å²) in [5.41, 5.74) is 0.0865. The topological polar surface area (TPSA) is 50.8 Å². The maximum Gasteiger partial charge on any atom is 0.223 e. The van der Waals surface area contributed by atoms with Gasteiger partial charge in [0.2, 0.25) is 5.91 Å². The van der Waals surface area contributed by atoms with Crippen LogP contribution in [0, 0.1) is 17.8 Å². The summed E-state index contributed by atoms with van der Waals surface area (Å²) in [6.07, 6.45) is 11.0. The summed E-state index contributed by atoms with van der Waals surface area (Å²) in [5, 5.41) is 3.33. The average Bonchev–Trinajstić information content (AvgIpc) is 3.36. The molecule has 5 nitrogen and oxygen atoms in total. The number of nitrogens with one attached hydrogen (secondary N) is 1. The third kappa shape index (κ3) is 3.00. The molecular formula is C21H34N2O3. The zero-order chi connectivity index (χ0) is 17.6. The predicted octanol–water partition coefficient (Wildman–Crippen LogP) is 2.34. The lowest BCUT2D eigenvalue weighted by atomic mass is 9.73. The summed E-state index contributed by atoms with van der Waals surface area (Å²) in [5.74, 6) is 1.69. The van der Waals surface area contributed by atoms with E-state index in [4.69, 9.17) is 9.47 Å². The lowest BCUT2D eigenvalue weighted by Gasteiger charge is -2.32. The van der Waals surface area contributed by atoms with Crippen molar-refractivity contribution in [2.75, 3.05) is 32.8 Å². The van der Waals surface area contributed by atoms with Gasteiger partial charge in [0.15, 0.2) is 0 Å². The van der Waals surface area contributed by atoms with Crippen LogP contribution in [0.2, 0.25) is 0 Å². The Labute approximate surface area is 157 Å². The van der Waals surface area contributed by atoms with Gasteiger partial charge >= 0.3 is 0 Å². The first-order valence-electron chi connectivity index (χ1n) is 11.0. The SMILES string of the molecule is O=C(NC[C@H]1[C@H]2CN(C3CCOCC3)C[C@]23CC[C@H]1O3)C1CCCCC1. The molecule has 5 fully saturated rings. The van der Waals surface area contributed by atoms with Crippen LogP contribution >= 0.6 is 0 Å². The second kappa shape index (κ2) is 7.06. The van der Waals surface area contributed by atoms with E-state index in [-0.39, 0.29) is 11.5 Å². The molecule has 1 amide bonds. The fourth-order valence-electron chi connectivity index (χ4n) is 6.56. The molecule has 1 saturated carbocycles. The molecule has 4 heterocycles. The highest BCUT2D eigenvalue weighted by molar-refractivity contribution is 5.78. The molecule has 4 atom stereocenters. The lowest BCUT2D eigenvalue weighted by Crippen LogP contribution is -2.43. The average molecular weight is 363 g/mol. The van der Waals surface area contributed by atoms with E-state index < -0.39 is 0 Å². The molecule has 0 aromatic heterocycles. The van der Waals surface area contributed by atoms with Gasteiger partial charge < -0.3 is 14.8 Å². The van der Waals surface area contributed by atoms with Crippen molar-refractivity contribution >= 4 is 5.91 Å². The molecule has 1 spiro atoms. The highest BCUT2D eigenvalue weighted by Gasteiger charge is 2.63. The molecule has 5 rings (SSSR count). The number of carbonyl (C=O) groups is 1. The molecule has 1 aliphatic carbocycles. The van der Waals surface area contributed by atoms with Crippen LogP contribution in [0.5, 0.6) is 0 Å². The van der Waals surface area contributed by atoms with Gasteiger partial charge in [0.05, 0.1) is 11.7 Å². The first kappa shape index (κ1) is 17.4. The quantitative estimate of drug-likeness (QED) is 0.834. The molecule has 146 valence electrons. The molecule has 4 saturated heterocycles. The van der Waals surface area contributed by atoms with Crippen LogP contribution in [0.3, 0.4) is 0 Å². The van der Waals surface area contributed by atoms with Crippen LogP contribution in [0.15, 0.2) is 0 Å². The molecule has 26 heavy (non-hydrogen) atoms. The van der Waals surface area contributed by atoms with Crippen molar-refractivity contribution < 1.29 is 14.3 Å². The summed E-state index contributed by atoms with van der Waals surface area (Å²) >= 11 is 0. The Kier molecular flexibility index (Phi) is 4.74. The van der Waals surface area contributed by atoms with Crippen molar-refractivity contribution in [3.8, 4) is 0 Å². The minimum Gasteiger partial charge on any atom is -0.381 e. The first-order valence-corrected chi connectivity index (χ1v) is 11.0. The number of nitrogens with zero attached hydrogens (tertiary/aromatic N) is 1. The van der Waals surface area contributed by atoms with Gasteiger partial charge in [-0.15, -0.1) is 0 Å². The Balaban J connectivity index is 1.21. The predicted molar refractivity (Wildman–Crippen MR) is 98.8 cm³/mol. The van der Waals surface area contributed by atoms with Gasteiger partial charge in [-0.05, 0) is 38.5 Å². The van der Waals surface area contributed by atoms with Gasteiger partial charge in [-0.1, -0.05) is 19.3 Å². The number of carbonyl (C=O) groups excluding carboxylic acids is 1. The summed E-state index contributed by atoms with van der Waals surface area (Å²) in [7, 11) is 0. The molecule has 4 aliphatic heterocycles. The maximum absolute atomic E-state index is 12.6. The third-order valence-electron chi connectivity index (χ3n) is 8.01. The Morgan fingerprint density at radius 2 is 1.88 bits per heavy atom. The zero-order valence-corrected chi connectivity index (χ0v) is 16.0. The fourth-order valence-corrected chi connectivity index (χ4v) is 6.56. The minimum atomic E-state index is 0.0865. The standard InChI is InChI=1S/C21H34N2O3/c24-20(15-4-2-1-3-5-15)22-12-17-18-13-23(16-7-10-25-11-8-16)14-21(18)9-6-19(17)26-21/h15-19H,1-14H2,(H,22,24)/t17-,18+,19+,21+/m0/s1. The van der Waals surface area contributed by atoms with Crippen LogP contribution in [0.4, 0.5) is 0 Å². The van der Waals surface area contributed by atoms with E-state index in [2.05, 4.69) is 10.2 Å². The molecule has 0 aromatic carbocycles. The Morgan fingerprint density at radius 3 is 2.69 bits per heavy atom. The van der Waals surface area contributed by atoms with E-state index in [0.717, 1.165) is 58.5 Å². The van der Waals surface area contributed by atoms with Gasteiger partial charge in [-0.2, -0.15) is 0 Å². The molecule has 0 aromatic rings. The van der Waals surface area contributed by atoms with Gasteiger partial charge in [0, 0.05) is 56.6 Å². The van der Waals surface area contributed by atoms with Crippen molar-refractivity contribution in [1.82, 2.24) is 10.2 Å². The van der Waals surface area contributed by atoms with E-state index in [1.54, 1.807) is 0 Å². The Morgan fingerprint density at radius 1 is 1.08 bits per heavy atom. The minimum absolute atomic E-state index is 0.0865. The number of ether oxygens (including phenoxy) is 2. The number of likely N-dealkylation sites (tertiary alicyclic amines) is 1. The largest absolute Gasteiger partial charge is 0.381 e. The summed E-state index contributed by atoms with van der Waals surface area (Å²) in [4.78, 5) is 15.3.